The summed E-state index contributed by atoms with van der Waals surface area (Å²) in [4.78, 5) is 19.1. The molecule has 0 aliphatic carbocycles. The molecule has 2 heterocycles. The van der Waals surface area contributed by atoms with Crippen LogP contribution < -0.4 is 4.74 Å². The lowest BCUT2D eigenvalue weighted by Gasteiger charge is -2.33. The molecule has 0 bridgehead atoms. The van der Waals surface area contributed by atoms with E-state index in [9.17, 15) is 13.2 Å². The van der Waals surface area contributed by atoms with Crippen LogP contribution in [0.1, 0.15) is 16.1 Å². The van der Waals surface area contributed by atoms with Gasteiger partial charge in [-0.1, -0.05) is 42.5 Å². The van der Waals surface area contributed by atoms with Crippen molar-refractivity contribution in [2.45, 2.75) is 5.75 Å². The monoisotopic (exact) mass is 457 g/mol. The summed E-state index contributed by atoms with van der Waals surface area (Å²) in [5.74, 6) is 0.487. The van der Waals surface area contributed by atoms with Crippen molar-refractivity contribution in [1.29, 1.82) is 0 Å². The zero-order chi connectivity index (χ0) is 21.8. The largest absolute Gasteiger partial charge is 0.496 e. The Morgan fingerprint density at radius 1 is 1.03 bits per heavy atom. The summed E-state index contributed by atoms with van der Waals surface area (Å²) in [5, 5.41) is 2.45. The van der Waals surface area contributed by atoms with Gasteiger partial charge in [-0.15, -0.1) is 11.3 Å². The fourth-order valence-corrected chi connectivity index (χ4v) is 5.86. The summed E-state index contributed by atoms with van der Waals surface area (Å²) in [6.45, 7) is 1.25. The zero-order valence-electron chi connectivity index (χ0n) is 17.1. The van der Waals surface area contributed by atoms with E-state index in [1.165, 1.54) is 15.6 Å². The predicted molar refractivity (Wildman–Crippen MR) is 121 cm³/mol. The smallest absolute Gasteiger partial charge is 0.273 e. The summed E-state index contributed by atoms with van der Waals surface area (Å²) in [6.07, 6.45) is 0. The Kier molecular flexibility index (Phi) is 6.35. The SMILES string of the molecule is COc1ccccc1-c1nc(C(=O)N2CCN(S(=O)(=O)Cc3ccccc3)CC2)cs1. The van der Waals surface area contributed by atoms with E-state index >= 15 is 0 Å². The molecule has 3 aromatic rings. The van der Waals surface area contributed by atoms with E-state index in [0.29, 0.717) is 29.5 Å². The number of methoxy groups -OCH3 is 1. The molecule has 0 radical (unpaired) electrons. The van der Waals surface area contributed by atoms with Crippen molar-refractivity contribution < 1.29 is 17.9 Å². The number of nitrogens with zero attached hydrogens (tertiary/aromatic N) is 3. The summed E-state index contributed by atoms with van der Waals surface area (Å²) < 4.78 is 32.3. The van der Waals surface area contributed by atoms with Crippen LogP contribution in [0.5, 0.6) is 5.75 Å². The van der Waals surface area contributed by atoms with Gasteiger partial charge in [-0.25, -0.2) is 13.4 Å². The minimum Gasteiger partial charge on any atom is -0.496 e. The molecule has 4 rings (SSSR count). The number of para-hydroxylation sites is 1. The summed E-state index contributed by atoms with van der Waals surface area (Å²) >= 11 is 1.39. The van der Waals surface area contributed by atoms with Gasteiger partial charge in [-0.2, -0.15) is 4.31 Å². The number of carbonyl (C=O) groups is 1. The highest BCUT2D eigenvalue weighted by molar-refractivity contribution is 7.88. The second kappa shape index (κ2) is 9.17. The molecule has 9 heteroatoms. The quantitative estimate of drug-likeness (QED) is 0.568. The highest BCUT2D eigenvalue weighted by Gasteiger charge is 2.30. The number of hydrogen-bond donors (Lipinski definition) is 0. The van der Waals surface area contributed by atoms with E-state index in [4.69, 9.17) is 4.74 Å². The van der Waals surface area contributed by atoms with Gasteiger partial charge in [-0.3, -0.25) is 4.79 Å². The highest BCUT2D eigenvalue weighted by atomic mass is 32.2. The van der Waals surface area contributed by atoms with Crippen molar-refractivity contribution in [1.82, 2.24) is 14.2 Å². The Bertz CT molecular complexity index is 1150. The number of thiazole rings is 1. The van der Waals surface area contributed by atoms with Gasteiger partial charge in [0.1, 0.15) is 16.5 Å². The maximum absolute atomic E-state index is 12.9. The molecule has 31 heavy (non-hydrogen) atoms. The lowest BCUT2D eigenvalue weighted by molar-refractivity contribution is 0.0692. The average Bonchev–Trinajstić information content (AvgIpc) is 3.29. The van der Waals surface area contributed by atoms with Gasteiger partial charge in [0, 0.05) is 31.6 Å². The standard InChI is InChI=1S/C22H23N3O4S2/c1-29-20-10-6-5-9-18(20)21-23-19(15-30-21)22(26)24-11-13-25(14-12-24)31(27,28)16-17-7-3-2-4-8-17/h2-10,15H,11-14,16H2,1H3. The third kappa shape index (κ3) is 4.79. The molecule has 1 aliphatic rings. The lowest BCUT2D eigenvalue weighted by atomic mass is 10.2. The first-order chi connectivity index (χ1) is 15.0. The Morgan fingerprint density at radius 3 is 2.42 bits per heavy atom. The first-order valence-electron chi connectivity index (χ1n) is 9.88. The van der Waals surface area contributed by atoms with Crippen LogP contribution in [0.15, 0.2) is 60.0 Å². The Balaban J connectivity index is 1.40. The number of ether oxygens (including phenoxy) is 1. The number of piperazine rings is 1. The van der Waals surface area contributed by atoms with E-state index in [0.717, 1.165) is 11.1 Å². The number of carbonyl (C=O) groups excluding carboxylic acids is 1. The van der Waals surface area contributed by atoms with Crippen molar-refractivity contribution in [3.05, 3.63) is 71.2 Å². The fourth-order valence-electron chi connectivity index (χ4n) is 3.52. The van der Waals surface area contributed by atoms with Gasteiger partial charge < -0.3 is 9.64 Å². The van der Waals surface area contributed by atoms with Crippen molar-refractivity contribution >= 4 is 27.3 Å². The second-order valence-corrected chi connectivity index (χ2v) is 10.00. The summed E-state index contributed by atoms with van der Waals surface area (Å²) in [6, 6.07) is 16.7. The first kappa shape index (κ1) is 21.5. The molecule has 0 atom stereocenters. The molecule has 2 aromatic carbocycles. The molecular weight excluding hydrogens is 434 g/mol. The van der Waals surface area contributed by atoms with Crippen LogP contribution in [0.4, 0.5) is 0 Å². The van der Waals surface area contributed by atoms with Crippen molar-refractivity contribution in [3.63, 3.8) is 0 Å². The maximum atomic E-state index is 12.9. The molecule has 1 aromatic heterocycles. The fraction of sp³-hybridized carbons (Fsp3) is 0.273. The number of hydrogen-bond acceptors (Lipinski definition) is 6. The van der Waals surface area contributed by atoms with Crippen molar-refractivity contribution in [2.75, 3.05) is 33.3 Å². The van der Waals surface area contributed by atoms with Gasteiger partial charge in [0.25, 0.3) is 5.91 Å². The molecule has 0 spiro atoms. The van der Waals surface area contributed by atoms with E-state index in [1.54, 1.807) is 29.5 Å². The molecule has 162 valence electrons. The van der Waals surface area contributed by atoms with E-state index in [2.05, 4.69) is 4.98 Å². The average molecular weight is 458 g/mol. The molecule has 0 unspecified atom stereocenters. The molecule has 0 saturated carbocycles. The predicted octanol–water partition coefficient (Wildman–Crippen LogP) is 3.11. The minimum absolute atomic E-state index is 0.0316. The van der Waals surface area contributed by atoms with Crippen LogP contribution in [0.25, 0.3) is 10.6 Å². The van der Waals surface area contributed by atoms with E-state index < -0.39 is 10.0 Å². The van der Waals surface area contributed by atoms with Crippen molar-refractivity contribution in [2.24, 2.45) is 0 Å². The number of aromatic nitrogens is 1. The molecular formula is C22H23N3O4S2. The van der Waals surface area contributed by atoms with Gasteiger partial charge in [0.05, 0.1) is 18.4 Å². The first-order valence-corrected chi connectivity index (χ1v) is 12.4. The maximum Gasteiger partial charge on any atom is 0.273 e. The molecule has 0 N–H and O–H groups in total. The normalized spacial score (nSPS) is 15.1. The van der Waals surface area contributed by atoms with Gasteiger partial charge in [0.2, 0.25) is 10.0 Å². The van der Waals surface area contributed by atoms with Crippen LogP contribution in [0.2, 0.25) is 0 Å². The zero-order valence-corrected chi connectivity index (χ0v) is 18.7. The van der Waals surface area contributed by atoms with Crippen LogP contribution in [-0.2, 0) is 15.8 Å². The van der Waals surface area contributed by atoms with Gasteiger partial charge >= 0.3 is 0 Å². The number of sulfonamides is 1. The van der Waals surface area contributed by atoms with Gasteiger partial charge in [0.15, 0.2) is 0 Å². The van der Waals surface area contributed by atoms with Crippen LogP contribution in [-0.4, -0.2) is 61.8 Å². The lowest BCUT2D eigenvalue weighted by Crippen LogP contribution is -2.50. The van der Waals surface area contributed by atoms with Crippen LogP contribution >= 0.6 is 11.3 Å². The summed E-state index contributed by atoms with van der Waals surface area (Å²) in [7, 11) is -1.82. The topological polar surface area (TPSA) is 79.8 Å². The molecule has 1 aliphatic heterocycles. The van der Waals surface area contributed by atoms with E-state index in [-0.39, 0.29) is 24.7 Å². The minimum atomic E-state index is -3.42. The highest BCUT2D eigenvalue weighted by Crippen LogP contribution is 2.32. The number of rotatable bonds is 6. The third-order valence-electron chi connectivity index (χ3n) is 5.17. The molecule has 1 amide bonds. The summed E-state index contributed by atoms with van der Waals surface area (Å²) in [5.41, 5.74) is 1.96. The Morgan fingerprint density at radius 2 is 1.71 bits per heavy atom. The third-order valence-corrected chi connectivity index (χ3v) is 7.90. The Hall–Kier alpha value is -2.75. The molecule has 1 saturated heterocycles. The molecule has 7 nitrogen and oxygen atoms in total. The Labute approximate surface area is 186 Å². The van der Waals surface area contributed by atoms with Crippen molar-refractivity contribution in [3.8, 4) is 16.3 Å². The second-order valence-electron chi connectivity index (χ2n) is 7.17. The van der Waals surface area contributed by atoms with E-state index in [1.807, 2.05) is 42.5 Å². The number of amides is 1. The number of benzene rings is 2. The molecule has 1 fully saturated rings. The van der Waals surface area contributed by atoms with Crippen LogP contribution in [0, 0.1) is 0 Å². The van der Waals surface area contributed by atoms with Crippen LogP contribution in [0.3, 0.4) is 0 Å². The van der Waals surface area contributed by atoms with Gasteiger partial charge in [-0.05, 0) is 17.7 Å².